The molecule has 0 spiro atoms. The van der Waals surface area contributed by atoms with Gasteiger partial charge in [-0.1, -0.05) is 12.1 Å². The largest absolute Gasteiger partial charge is 0.396 e. The molecule has 2 rings (SSSR count). The van der Waals surface area contributed by atoms with Crippen LogP contribution in [0.15, 0.2) is 24.3 Å². The number of rotatable bonds is 3. The minimum atomic E-state index is -0.178. The second-order valence-corrected chi connectivity index (χ2v) is 4.56. The van der Waals surface area contributed by atoms with E-state index in [4.69, 9.17) is 5.11 Å². The maximum absolute atomic E-state index is 13.1. The van der Waals surface area contributed by atoms with Gasteiger partial charge in [0.25, 0.3) is 0 Å². The van der Waals surface area contributed by atoms with Gasteiger partial charge < -0.3 is 5.11 Å². The van der Waals surface area contributed by atoms with E-state index >= 15 is 0 Å². The van der Waals surface area contributed by atoms with E-state index in [2.05, 4.69) is 11.8 Å². The van der Waals surface area contributed by atoms with E-state index in [1.165, 1.54) is 6.07 Å². The van der Waals surface area contributed by atoms with Crippen molar-refractivity contribution >= 4 is 0 Å². The van der Waals surface area contributed by atoms with Gasteiger partial charge in [0.05, 0.1) is 0 Å². The zero-order valence-corrected chi connectivity index (χ0v) is 9.56. The normalized spacial score (nSPS) is 23.6. The molecule has 16 heavy (non-hydrogen) atoms. The Labute approximate surface area is 95.7 Å². The summed E-state index contributed by atoms with van der Waals surface area (Å²) in [7, 11) is 0. The summed E-state index contributed by atoms with van der Waals surface area (Å²) in [5.74, 6) is 0.207. The minimum Gasteiger partial charge on any atom is -0.396 e. The van der Waals surface area contributed by atoms with Crippen LogP contribution < -0.4 is 0 Å². The fourth-order valence-corrected chi connectivity index (χ4v) is 2.34. The molecule has 1 aromatic carbocycles. The van der Waals surface area contributed by atoms with E-state index in [-0.39, 0.29) is 18.5 Å². The molecule has 1 N–H and O–H groups in total. The van der Waals surface area contributed by atoms with Gasteiger partial charge in [-0.2, -0.15) is 0 Å². The lowest BCUT2D eigenvalue weighted by atomic mass is 10.1. The van der Waals surface area contributed by atoms with E-state index in [1.54, 1.807) is 12.1 Å². The van der Waals surface area contributed by atoms with Crippen LogP contribution in [-0.4, -0.2) is 29.7 Å². The molecule has 1 fully saturated rings. The summed E-state index contributed by atoms with van der Waals surface area (Å²) in [6, 6.07) is 7.00. The highest BCUT2D eigenvalue weighted by atomic mass is 19.1. The molecule has 2 unspecified atom stereocenters. The van der Waals surface area contributed by atoms with Crippen molar-refractivity contribution in [1.29, 1.82) is 0 Å². The van der Waals surface area contributed by atoms with Gasteiger partial charge in [-0.15, -0.1) is 0 Å². The van der Waals surface area contributed by atoms with Crippen LogP contribution in [0.4, 0.5) is 4.39 Å². The molecule has 2 atom stereocenters. The van der Waals surface area contributed by atoms with Gasteiger partial charge in [0.1, 0.15) is 5.82 Å². The Balaban J connectivity index is 2.05. The number of aliphatic hydroxyl groups is 1. The lowest BCUT2D eigenvalue weighted by molar-refractivity contribution is 0.204. The summed E-state index contributed by atoms with van der Waals surface area (Å²) in [5.41, 5.74) is 1.01. The average molecular weight is 223 g/mol. The molecule has 1 aliphatic rings. The Bertz CT molecular complexity index is 356. The van der Waals surface area contributed by atoms with Gasteiger partial charge in [0.15, 0.2) is 0 Å². The quantitative estimate of drug-likeness (QED) is 0.849. The lowest BCUT2D eigenvalue weighted by Crippen LogP contribution is -2.25. The van der Waals surface area contributed by atoms with Crippen LogP contribution in [0.25, 0.3) is 0 Å². The van der Waals surface area contributed by atoms with Crippen LogP contribution in [0, 0.1) is 11.7 Å². The molecule has 3 heteroatoms. The second-order valence-electron chi connectivity index (χ2n) is 4.56. The molecule has 0 radical (unpaired) electrons. The fourth-order valence-electron chi connectivity index (χ4n) is 2.34. The number of likely N-dealkylation sites (tertiary alicyclic amines) is 1. The monoisotopic (exact) mass is 223 g/mol. The number of aliphatic hydroxyl groups excluding tert-OH is 1. The fraction of sp³-hybridized carbons (Fsp3) is 0.538. The summed E-state index contributed by atoms with van der Waals surface area (Å²) < 4.78 is 13.1. The molecule has 1 heterocycles. The van der Waals surface area contributed by atoms with Crippen molar-refractivity contribution in [1.82, 2.24) is 4.90 Å². The van der Waals surface area contributed by atoms with Gasteiger partial charge in [-0.05, 0) is 43.5 Å². The second kappa shape index (κ2) is 4.93. The topological polar surface area (TPSA) is 23.5 Å². The van der Waals surface area contributed by atoms with Crippen molar-refractivity contribution in [2.24, 2.45) is 5.92 Å². The van der Waals surface area contributed by atoms with Gasteiger partial charge in [-0.3, -0.25) is 4.90 Å². The van der Waals surface area contributed by atoms with Crippen LogP contribution >= 0.6 is 0 Å². The predicted octanol–water partition coefficient (Wildman–Crippen LogP) is 2.20. The molecule has 0 bridgehead atoms. The molecule has 1 saturated heterocycles. The number of nitrogens with zero attached hydrogens (tertiary/aromatic N) is 1. The molecule has 1 aromatic rings. The zero-order valence-electron chi connectivity index (χ0n) is 9.56. The lowest BCUT2D eigenvalue weighted by Gasteiger charge is -2.24. The van der Waals surface area contributed by atoms with Crippen molar-refractivity contribution in [2.45, 2.75) is 19.4 Å². The summed E-state index contributed by atoms with van der Waals surface area (Å²) in [6.07, 6.45) is 1.04. The molecular weight excluding hydrogens is 205 g/mol. The predicted molar refractivity (Wildman–Crippen MR) is 61.6 cm³/mol. The molecular formula is C13H18FNO. The third-order valence-corrected chi connectivity index (χ3v) is 3.45. The highest BCUT2D eigenvalue weighted by molar-refractivity contribution is 5.19. The maximum atomic E-state index is 13.1. The summed E-state index contributed by atoms with van der Waals surface area (Å²) >= 11 is 0. The molecule has 0 amide bonds. The molecule has 0 aliphatic carbocycles. The maximum Gasteiger partial charge on any atom is 0.123 e. The first-order chi connectivity index (χ1) is 7.70. The number of hydrogen-bond donors (Lipinski definition) is 1. The Morgan fingerprint density at radius 2 is 2.38 bits per heavy atom. The Hall–Kier alpha value is -0.930. The molecule has 0 saturated carbocycles. The van der Waals surface area contributed by atoms with E-state index in [0.717, 1.165) is 25.1 Å². The number of benzene rings is 1. The zero-order chi connectivity index (χ0) is 11.5. The number of hydrogen-bond acceptors (Lipinski definition) is 2. The van der Waals surface area contributed by atoms with Crippen LogP contribution in [0.2, 0.25) is 0 Å². The average Bonchev–Trinajstić information content (AvgIpc) is 2.76. The standard InChI is InChI=1S/C13H18FNO/c1-10(12-3-2-4-13(14)7-12)15-6-5-11(8-15)9-16/h2-4,7,10-11,16H,5-6,8-9H2,1H3. The first-order valence-corrected chi connectivity index (χ1v) is 5.81. The van der Waals surface area contributed by atoms with Crippen molar-refractivity contribution in [3.8, 4) is 0 Å². The van der Waals surface area contributed by atoms with Gasteiger partial charge >= 0.3 is 0 Å². The van der Waals surface area contributed by atoms with Gasteiger partial charge in [0.2, 0.25) is 0 Å². The van der Waals surface area contributed by atoms with Crippen molar-refractivity contribution < 1.29 is 9.50 Å². The van der Waals surface area contributed by atoms with Gasteiger partial charge in [0, 0.05) is 19.2 Å². The third-order valence-electron chi connectivity index (χ3n) is 3.45. The Kier molecular flexibility index (Phi) is 3.56. The molecule has 2 nitrogen and oxygen atoms in total. The van der Waals surface area contributed by atoms with E-state index < -0.39 is 0 Å². The summed E-state index contributed by atoms with van der Waals surface area (Å²) in [4.78, 5) is 2.30. The molecule has 0 aromatic heterocycles. The highest BCUT2D eigenvalue weighted by Gasteiger charge is 2.26. The van der Waals surface area contributed by atoms with Crippen LogP contribution in [0.1, 0.15) is 24.9 Å². The third kappa shape index (κ3) is 2.42. The van der Waals surface area contributed by atoms with Crippen LogP contribution in [0.5, 0.6) is 0 Å². The number of halogens is 1. The smallest absolute Gasteiger partial charge is 0.123 e. The van der Waals surface area contributed by atoms with Crippen LogP contribution in [-0.2, 0) is 0 Å². The van der Waals surface area contributed by atoms with E-state index in [1.807, 2.05) is 6.07 Å². The van der Waals surface area contributed by atoms with E-state index in [0.29, 0.717) is 5.92 Å². The Morgan fingerprint density at radius 3 is 3.00 bits per heavy atom. The SMILES string of the molecule is CC(c1cccc(F)c1)N1CCC(CO)C1. The minimum absolute atomic E-state index is 0.178. The first kappa shape index (κ1) is 11.6. The van der Waals surface area contributed by atoms with Crippen molar-refractivity contribution in [2.75, 3.05) is 19.7 Å². The van der Waals surface area contributed by atoms with E-state index in [9.17, 15) is 4.39 Å². The van der Waals surface area contributed by atoms with Gasteiger partial charge in [-0.25, -0.2) is 4.39 Å². The van der Waals surface area contributed by atoms with Crippen LogP contribution in [0.3, 0.4) is 0 Å². The van der Waals surface area contributed by atoms with Crippen molar-refractivity contribution in [3.05, 3.63) is 35.6 Å². The molecule has 1 aliphatic heterocycles. The molecule has 88 valence electrons. The highest BCUT2D eigenvalue weighted by Crippen LogP contribution is 2.27. The Morgan fingerprint density at radius 1 is 1.56 bits per heavy atom. The first-order valence-electron chi connectivity index (χ1n) is 5.81. The summed E-state index contributed by atoms with van der Waals surface area (Å²) in [6.45, 7) is 4.25. The summed E-state index contributed by atoms with van der Waals surface area (Å²) in [5, 5.41) is 9.09. The van der Waals surface area contributed by atoms with Crippen molar-refractivity contribution in [3.63, 3.8) is 0 Å².